The van der Waals surface area contributed by atoms with Crippen LogP contribution in [-0.2, 0) is 13.0 Å². The molecule has 0 saturated carbocycles. The number of hydrogen-bond acceptors (Lipinski definition) is 3. The van der Waals surface area contributed by atoms with Gasteiger partial charge in [-0.25, -0.2) is 5.48 Å². The second-order valence-corrected chi connectivity index (χ2v) is 3.35. The van der Waals surface area contributed by atoms with E-state index in [2.05, 4.69) is 5.48 Å². The summed E-state index contributed by atoms with van der Waals surface area (Å²) < 4.78 is 5.21. The summed E-state index contributed by atoms with van der Waals surface area (Å²) in [5, 5.41) is 9.24. The highest BCUT2D eigenvalue weighted by Crippen LogP contribution is 2.28. The number of hydrogen-bond donors (Lipinski definition) is 2. The first-order valence-corrected chi connectivity index (χ1v) is 4.83. The summed E-state index contributed by atoms with van der Waals surface area (Å²) in [6, 6.07) is 3.69. The monoisotopic (exact) mass is 215 g/mol. The van der Waals surface area contributed by atoms with Gasteiger partial charge < -0.3 is 9.94 Å². The standard InChI is InChI=1S/C10H14ClNO2/c1-3-8-9(11)4-7(6-12-13)5-10(8)14-2/h4-5,12-13H,3,6H2,1-2H3. The lowest BCUT2D eigenvalue weighted by Crippen LogP contribution is -2.06. The molecule has 1 aromatic rings. The van der Waals surface area contributed by atoms with E-state index in [4.69, 9.17) is 21.5 Å². The van der Waals surface area contributed by atoms with Crippen LogP contribution in [-0.4, -0.2) is 12.3 Å². The maximum atomic E-state index is 8.57. The quantitative estimate of drug-likeness (QED) is 0.758. The summed E-state index contributed by atoms with van der Waals surface area (Å²) in [7, 11) is 1.61. The van der Waals surface area contributed by atoms with Crippen molar-refractivity contribution >= 4 is 11.6 Å². The fourth-order valence-electron chi connectivity index (χ4n) is 1.38. The number of ether oxygens (including phenoxy) is 1. The second kappa shape index (κ2) is 5.20. The van der Waals surface area contributed by atoms with E-state index in [0.29, 0.717) is 11.6 Å². The Morgan fingerprint density at radius 3 is 2.71 bits per heavy atom. The Morgan fingerprint density at radius 2 is 2.21 bits per heavy atom. The van der Waals surface area contributed by atoms with Gasteiger partial charge in [0.05, 0.1) is 7.11 Å². The highest BCUT2D eigenvalue weighted by molar-refractivity contribution is 6.31. The van der Waals surface area contributed by atoms with Crippen molar-refractivity contribution in [2.75, 3.05) is 7.11 Å². The van der Waals surface area contributed by atoms with Gasteiger partial charge in [0.2, 0.25) is 0 Å². The van der Waals surface area contributed by atoms with Crippen LogP contribution in [0, 0.1) is 0 Å². The van der Waals surface area contributed by atoms with Crippen LogP contribution in [0.5, 0.6) is 5.75 Å². The average molecular weight is 216 g/mol. The van der Waals surface area contributed by atoms with Crippen LogP contribution in [0.2, 0.25) is 5.02 Å². The lowest BCUT2D eigenvalue weighted by Gasteiger charge is -2.11. The molecule has 0 heterocycles. The molecular weight excluding hydrogens is 202 g/mol. The van der Waals surface area contributed by atoms with Crippen molar-refractivity contribution in [2.45, 2.75) is 19.9 Å². The zero-order valence-corrected chi connectivity index (χ0v) is 9.06. The summed E-state index contributed by atoms with van der Waals surface area (Å²) in [6.45, 7) is 2.38. The highest BCUT2D eigenvalue weighted by atomic mass is 35.5. The topological polar surface area (TPSA) is 41.5 Å². The molecule has 0 radical (unpaired) electrons. The smallest absolute Gasteiger partial charge is 0.123 e. The van der Waals surface area contributed by atoms with Crippen LogP contribution in [0.15, 0.2) is 12.1 Å². The summed E-state index contributed by atoms with van der Waals surface area (Å²) in [5.74, 6) is 0.769. The van der Waals surface area contributed by atoms with Crippen LogP contribution >= 0.6 is 11.6 Å². The molecule has 0 spiro atoms. The van der Waals surface area contributed by atoms with Crippen molar-refractivity contribution in [3.05, 3.63) is 28.3 Å². The van der Waals surface area contributed by atoms with Crippen LogP contribution in [0.1, 0.15) is 18.1 Å². The Morgan fingerprint density at radius 1 is 1.50 bits per heavy atom. The average Bonchev–Trinajstić information content (AvgIpc) is 2.17. The molecule has 0 saturated heterocycles. The van der Waals surface area contributed by atoms with E-state index in [1.165, 1.54) is 0 Å². The summed E-state index contributed by atoms with van der Waals surface area (Å²) in [6.07, 6.45) is 0.828. The molecule has 0 aromatic heterocycles. The van der Waals surface area contributed by atoms with E-state index in [1.807, 2.05) is 19.1 Å². The third-order valence-electron chi connectivity index (χ3n) is 2.07. The molecule has 0 atom stereocenters. The minimum Gasteiger partial charge on any atom is -0.496 e. The fraction of sp³-hybridized carbons (Fsp3) is 0.400. The molecule has 4 heteroatoms. The Labute approximate surface area is 88.6 Å². The summed E-state index contributed by atoms with van der Waals surface area (Å²) in [5.41, 5.74) is 3.98. The van der Waals surface area contributed by atoms with Crippen molar-refractivity contribution in [1.82, 2.24) is 5.48 Å². The van der Waals surface area contributed by atoms with Crippen molar-refractivity contribution in [2.24, 2.45) is 0 Å². The molecule has 0 aliphatic carbocycles. The van der Waals surface area contributed by atoms with Gasteiger partial charge in [-0.3, -0.25) is 0 Å². The highest BCUT2D eigenvalue weighted by Gasteiger charge is 2.08. The maximum Gasteiger partial charge on any atom is 0.123 e. The molecule has 0 amide bonds. The molecule has 1 rings (SSSR count). The van der Waals surface area contributed by atoms with E-state index in [0.717, 1.165) is 23.3 Å². The first kappa shape index (κ1) is 11.3. The Balaban J connectivity index is 3.10. The molecule has 3 nitrogen and oxygen atoms in total. The van der Waals surface area contributed by atoms with Crippen molar-refractivity contribution in [1.29, 1.82) is 0 Å². The van der Waals surface area contributed by atoms with Crippen LogP contribution in [0.3, 0.4) is 0 Å². The molecule has 0 fully saturated rings. The Kier molecular flexibility index (Phi) is 4.20. The van der Waals surface area contributed by atoms with E-state index in [-0.39, 0.29) is 0 Å². The van der Waals surface area contributed by atoms with Gasteiger partial charge in [-0.05, 0) is 24.1 Å². The molecule has 0 aliphatic rings. The lowest BCUT2D eigenvalue weighted by atomic mass is 10.1. The zero-order chi connectivity index (χ0) is 10.6. The van der Waals surface area contributed by atoms with Crippen LogP contribution in [0.25, 0.3) is 0 Å². The van der Waals surface area contributed by atoms with E-state index in [1.54, 1.807) is 7.11 Å². The van der Waals surface area contributed by atoms with E-state index < -0.39 is 0 Å². The normalized spacial score (nSPS) is 10.3. The van der Waals surface area contributed by atoms with Crippen molar-refractivity contribution in [3.8, 4) is 5.75 Å². The van der Waals surface area contributed by atoms with Gasteiger partial charge in [-0.15, -0.1) is 0 Å². The van der Waals surface area contributed by atoms with E-state index in [9.17, 15) is 0 Å². The van der Waals surface area contributed by atoms with Gasteiger partial charge in [-0.1, -0.05) is 18.5 Å². The molecule has 1 aromatic carbocycles. The SMILES string of the molecule is CCc1c(Cl)cc(CNO)cc1OC. The number of nitrogens with one attached hydrogen (secondary N) is 1. The number of halogens is 1. The van der Waals surface area contributed by atoms with E-state index >= 15 is 0 Å². The number of rotatable bonds is 4. The van der Waals surface area contributed by atoms with Crippen molar-refractivity contribution in [3.63, 3.8) is 0 Å². The van der Waals surface area contributed by atoms with Gasteiger partial charge in [0.25, 0.3) is 0 Å². The van der Waals surface area contributed by atoms with Crippen LogP contribution < -0.4 is 10.2 Å². The van der Waals surface area contributed by atoms with Gasteiger partial charge in [0, 0.05) is 17.1 Å². The number of benzene rings is 1. The largest absolute Gasteiger partial charge is 0.496 e. The first-order valence-electron chi connectivity index (χ1n) is 4.45. The predicted molar refractivity (Wildman–Crippen MR) is 56.0 cm³/mol. The molecule has 0 bridgehead atoms. The Bertz CT molecular complexity index is 315. The minimum atomic E-state index is 0.361. The van der Waals surface area contributed by atoms with Gasteiger partial charge >= 0.3 is 0 Å². The molecule has 0 aliphatic heterocycles. The predicted octanol–water partition coefficient (Wildman–Crippen LogP) is 2.39. The lowest BCUT2D eigenvalue weighted by molar-refractivity contribution is 0.161. The summed E-state index contributed by atoms with van der Waals surface area (Å²) >= 11 is 6.06. The minimum absolute atomic E-state index is 0.361. The molecule has 14 heavy (non-hydrogen) atoms. The van der Waals surface area contributed by atoms with Crippen LogP contribution in [0.4, 0.5) is 0 Å². The first-order chi connectivity index (χ1) is 6.72. The fourth-order valence-corrected chi connectivity index (χ4v) is 1.75. The van der Waals surface area contributed by atoms with Gasteiger partial charge in [0.1, 0.15) is 5.75 Å². The van der Waals surface area contributed by atoms with Gasteiger partial charge in [-0.2, -0.15) is 0 Å². The van der Waals surface area contributed by atoms with Gasteiger partial charge in [0.15, 0.2) is 0 Å². The molecule has 0 unspecified atom stereocenters. The summed E-state index contributed by atoms with van der Waals surface area (Å²) in [4.78, 5) is 0. The maximum absolute atomic E-state index is 8.57. The third kappa shape index (κ3) is 2.38. The zero-order valence-electron chi connectivity index (χ0n) is 8.30. The molecule has 78 valence electrons. The number of hydroxylamine groups is 1. The molecular formula is C10H14ClNO2. The number of methoxy groups -OCH3 is 1. The second-order valence-electron chi connectivity index (χ2n) is 2.95. The molecule has 2 N–H and O–H groups in total. The third-order valence-corrected chi connectivity index (χ3v) is 2.41. The Hall–Kier alpha value is -0.770. The van der Waals surface area contributed by atoms with Crippen molar-refractivity contribution < 1.29 is 9.94 Å².